The Kier molecular flexibility index (Phi) is 5.18. The molecule has 5 heterocycles. The average Bonchev–Trinajstić information content (AvgIpc) is 3.57. The monoisotopic (exact) mass is 408 g/mol. The number of rotatable bonds is 5. The van der Waals surface area contributed by atoms with E-state index in [1.54, 1.807) is 18.3 Å². The van der Waals surface area contributed by atoms with Crippen LogP contribution in [0.1, 0.15) is 29.3 Å². The molecule has 0 saturated carbocycles. The summed E-state index contributed by atoms with van der Waals surface area (Å²) in [4.78, 5) is 27.7. The standard InChI is InChI=1S/C21H24N6O3/c28-21(17-4-3-13-29-17)27-11-9-25(10-12-27)15-19-23-20(24-30-19)16-5-6-18(22-14-16)26-7-1-2-8-26/h3-6,13-14H,1-2,7-12,15H2. The second-order valence-corrected chi connectivity index (χ2v) is 7.66. The number of hydrogen-bond donors (Lipinski definition) is 0. The first-order valence-corrected chi connectivity index (χ1v) is 10.4. The van der Waals surface area contributed by atoms with Crippen molar-refractivity contribution in [1.29, 1.82) is 0 Å². The van der Waals surface area contributed by atoms with Crippen LogP contribution in [0.25, 0.3) is 11.4 Å². The summed E-state index contributed by atoms with van der Waals surface area (Å²) in [6.07, 6.45) is 5.78. The van der Waals surface area contributed by atoms with E-state index in [1.165, 1.54) is 19.1 Å². The number of nitrogens with zero attached hydrogens (tertiary/aromatic N) is 6. The molecule has 5 rings (SSSR count). The van der Waals surface area contributed by atoms with Gasteiger partial charge in [0.25, 0.3) is 5.91 Å². The molecule has 156 valence electrons. The number of piperazine rings is 1. The smallest absolute Gasteiger partial charge is 0.289 e. The summed E-state index contributed by atoms with van der Waals surface area (Å²) in [6.45, 7) is 5.48. The third-order valence-electron chi connectivity index (χ3n) is 5.65. The molecule has 0 aromatic carbocycles. The molecular weight excluding hydrogens is 384 g/mol. The van der Waals surface area contributed by atoms with Crippen molar-refractivity contribution in [2.75, 3.05) is 44.2 Å². The molecule has 1 amide bonds. The van der Waals surface area contributed by atoms with Gasteiger partial charge in [0.2, 0.25) is 11.7 Å². The lowest BCUT2D eigenvalue weighted by Gasteiger charge is -2.33. The van der Waals surface area contributed by atoms with Crippen molar-refractivity contribution >= 4 is 11.7 Å². The van der Waals surface area contributed by atoms with E-state index in [4.69, 9.17) is 8.94 Å². The second-order valence-electron chi connectivity index (χ2n) is 7.66. The van der Waals surface area contributed by atoms with Gasteiger partial charge < -0.3 is 18.7 Å². The zero-order chi connectivity index (χ0) is 20.3. The number of carbonyl (C=O) groups excluding carboxylic acids is 1. The van der Waals surface area contributed by atoms with Crippen LogP contribution in [-0.4, -0.2) is 70.1 Å². The highest BCUT2D eigenvalue weighted by molar-refractivity contribution is 5.91. The summed E-state index contributed by atoms with van der Waals surface area (Å²) >= 11 is 0. The number of pyridine rings is 1. The lowest BCUT2D eigenvalue weighted by atomic mass is 10.2. The fourth-order valence-electron chi connectivity index (χ4n) is 3.94. The van der Waals surface area contributed by atoms with Gasteiger partial charge >= 0.3 is 0 Å². The van der Waals surface area contributed by atoms with Gasteiger partial charge in [0.05, 0.1) is 12.8 Å². The Morgan fingerprint density at radius 3 is 2.57 bits per heavy atom. The van der Waals surface area contributed by atoms with Gasteiger partial charge in [-0.05, 0) is 37.1 Å². The Bertz CT molecular complexity index is 971. The van der Waals surface area contributed by atoms with Gasteiger partial charge in [-0.3, -0.25) is 9.69 Å². The van der Waals surface area contributed by atoms with Crippen molar-refractivity contribution < 1.29 is 13.7 Å². The predicted molar refractivity (Wildman–Crippen MR) is 109 cm³/mol. The van der Waals surface area contributed by atoms with Gasteiger partial charge in [-0.1, -0.05) is 5.16 Å². The first-order chi connectivity index (χ1) is 14.8. The zero-order valence-corrected chi connectivity index (χ0v) is 16.7. The normalized spacial score (nSPS) is 17.6. The topological polar surface area (TPSA) is 91.7 Å². The molecule has 2 fully saturated rings. The SMILES string of the molecule is O=C(c1ccco1)N1CCN(Cc2nc(-c3ccc(N4CCCC4)nc3)no2)CC1. The molecule has 0 atom stereocenters. The molecule has 9 nitrogen and oxygen atoms in total. The Hall–Kier alpha value is -3.20. The Labute approximate surface area is 174 Å². The number of carbonyl (C=O) groups is 1. The minimum Gasteiger partial charge on any atom is -0.459 e. The van der Waals surface area contributed by atoms with Crippen LogP contribution in [0.4, 0.5) is 5.82 Å². The van der Waals surface area contributed by atoms with E-state index in [-0.39, 0.29) is 5.91 Å². The van der Waals surface area contributed by atoms with E-state index in [0.29, 0.717) is 37.1 Å². The maximum Gasteiger partial charge on any atom is 0.289 e. The number of aromatic nitrogens is 3. The van der Waals surface area contributed by atoms with Crippen LogP contribution in [0, 0.1) is 0 Å². The van der Waals surface area contributed by atoms with E-state index in [1.807, 2.05) is 17.0 Å². The van der Waals surface area contributed by atoms with E-state index >= 15 is 0 Å². The molecule has 3 aromatic rings. The van der Waals surface area contributed by atoms with Crippen molar-refractivity contribution in [2.45, 2.75) is 19.4 Å². The van der Waals surface area contributed by atoms with Crippen LogP contribution in [0.15, 0.2) is 45.7 Å². The third-order valence-corrected chi connectivity index (χ3v) is 5.65. The zero-order valence-electron chi connectivity index (χ0n) is 16.7. The minimum atomic E-state index is -0.0652. The fraction of sp³-hybridized carbons (Fsp3) is 0.429. The first-order valence-electron chi connectivity index (χ1n) is 10.4. The Morgan fingerprint density at radius 1 is 1.03 bits per heavy atom. The highest BCUT2D eigenvalue weighted by Gasteiger charge is 2.25. The molecule has 3 aromatic heterocycles. The van der Waals surface area contributed by atoms with Gasteiger partial charge in [-0.2, -0.15) is 4.98 Å². The molecule has 0 aliphatic carbocycles. The Balaban J connectivity index is 1.16. The molecular formula is C21H24N6O3. The van der Waals surface area contributed by atoms with Gasteiger partial charge in [-0.25, -0.2) is 4.98 Å². The lowest BCUT2D eigenvalue weighted by molar-refractivity contribution is 0.0585. The molecule has 9 heteroatoms. The average molecular weight is 408 g/mol. The van der Waals surface area contributed by atoms with Crippen molar-refractivity contribution in [3.8, 4) is 11.4 Å². The molecule has 0 N–H and O–H groups in total. The summed E-state index contributed by atoms with van der Waals surface area (Å²) in [5, 5.41) is 4.11. The number of hydrogen-bond acceptors (Lipinski definition) is 8. The summed E-state index contributed by atoms with van der Waals surface area (Å²) in [7, 11) is 0. The van der Waals surface area contributed by atoms with Crippen molar-refractivity contribution in [3.63, 3.8) is 0 Å². The molecule has 2 aliphatic heterocycles. The highest BCUT2D eigenvalue weighted by Crippen LogP contribution is 2.22. The molecule has 30 heavy (non-hydrogen) atoms. The largest absolute Gasteiger partial charge is 0.459 e. The predicted octanol–water partition coefficient (Wildman–Crippen LogP) is 2.28. The molecule has 0 unspecified atom stereocenters. The van der Waals surface area contributed by atoms with E-state index < -0.39 is 0 Å². The Morgan fingerprint density at radius 2 is 1.87 bits per heavy atom. The van der Waals surface area contributed by atoms with Crippen LogP contribution in [-0.2, 0) is 6.54 Å². The van der Waals surface area contributed by atoms with Gasteiger partial charge in [-0.15, -0.1) is 0 Å². The van der Waals surface area contributed by atoms with E-state index in [9.17, 15) is 4.79 Å². The third kappa shape index (κ3) is 3.93. The van der Waals surface area contributed by atoms with E-state index in [2.05, 4.69) is 24.9 Å². The van der Waals surface area contributed by atoms with Gasteiger partial charge in [0.15, 0.2) is 5.76 Å². The van der Waals surface area contributed by atoms with Crippen LogP contribution < -0.4 is 4.90 Å². The quantitative estimate of drug-likeness (QED) is 0.635. The molecule has 2 saturated heterocycles. The van der Waals surface area contributed by atoms with Crippen molar-refractivity contribution in [1.82, 2.24) is 24.9 Å². The van der Waals surface area contributed by atoms with Crippen LogP contribution in [0.2, 0.25) is 0 Å². The van der Waals surface area contributed by atoms with Crippen LogP contribution in [0.3, 0.4) is 0 Å². The molecule has 0 radical (unpaired) electrons. The highest BCUT2D eigenvalue weighted by atomic mass is 16.5. The summed E-state index contributed by atoms with van der Waals surface area (Å²) in [6, 6.07) is 7.44. The molecule has 2 aliphatic rings. The summed E-state index contributed by atoms with van der Waals surface area (Å²) in [5.74, 6) is 2.44. The number of anilines is 1. The van der Waals surface area contributed by atoms with Crippen molar-refractivity contribution in [2.24, 2.45) is 0 Å². The maximum atomic E-state index is 12.4. The number of furan rings is 1. The minimum absolute atomic E-state index is 0.0652. The fourth-order valence-corrected chi connectivity index (χ4v) is 3.94. The second kappa shape index (κ2) is 8.27. The molecule has 0 spiro atoms. The van der Waals surface area contributed by atoms with Crippen LogP contribution in [0.5, 0.6) is 0 Å². The van der Waals surface area contributed by atoms with Gasteiger partial charge in [0.1, 0.15) is 5.82 Å². The van der Waals surface area contributed by atoms with Gasteiger partial charge in [0, 0.05) is 51.0 Å². The summed E-state index contributed by atoms with van der Waals surface area (Å²) in [5.41, 5.74) is 0.849. The maximum absolute atomic E-state index is 12.4. The lowest BCUT2D eigenvalue weighted by Crippen LogP contribution is -2.48. The van der Waals surface area contributed by atoms with Crippen LogP contribution >= 0.6 is 0 Å². The summed E-state index contributed by atoms with van der Waals surface area (Å²) < 4.78 is 10.7. The van der Waals surface area contributed by atoms with Crippen molar-refractivity contribution in [3.05, 3.63) is 48.4 Å². The first kappa shape index (κ1) is 18.8. The number of amides is 1. The molecule has 0 bridgehead atoms. The van der Waals surface area contributed by atoms with E-state index in [0.717, 1.165) is 37.6 Å².